The first kappa shape index (κ1) is 12.3. The number of ether oxygens (including phenoxy) is 2. The molecule has 1 heterocycles. The second-order valence-electron chi connectivity index (χ2n) is 4.50. The molecule has 0 spiro atoms. The summed E-state index contributed by atoms with van der Waals surface area (Å²) < 4.78 is 10.5. The minimum Gasteiger partial charge on any atom is -0.454 e. The molecule has 3 N–H and O–H groups in total. The number of benzene rings is 2. The molecule has 3 rings (SSSR count). The maximum absolute atomic E-state index is 12.0. The minimum atomic E-state index is -0.157. The number of hydrogen-bond donors (Lipinski definition) is 2. The van der Waals surface area contributed by atoms with Crippen LogP contribution >= 0.6 is 0 Å². The zero-order chi connectivity index (χ0) is 13.9. The quantitative estimate of drug-likeness (QED) is 0.836. The lowest BCUT2D eigenvalue weighted by Gasteiger charge is -2.06. The van der Waals surface area contributed by atoms with Crippen molar-refractivity contribution in [3.63, 3.8) is 0 Å². The number of amides is 1. The number of hydrogen-bond acceptors (Lipinski definition) is 4. The molecule has 0 aromatic heterocycles. The van der Waals surface area contributed by atoms with Gasteiger partial charge in [0.05, 0.1) is 0 Å². The highest BCUT2D eigenvalue weighted by Crippen LogP contribution is 2.32. The van der Waals surface area contributed by atoms with Crippen LogP contribution in [0, 0.1) is 0 Å². The Morgan fingerprint density at radius 1 is 1.15 bits per heavy atom. The number of anilines is 1. The van der Waals surface area contributed by atoms with Crippen LogP contribution in [0.4, 0.5) is 5.69 Å². The molecule has 0 bridgehead atoms. The van der Waals surface area contributed by atoms with E-state index in [0.29, 0.717) is 23.5 Å². The smallest absolute Gasteiger partial charge is 0.251 e. The molecular weight excluding hydrogens is 256 g/mol. The van der Waals surface area contributed by atoms with Crippen LogP contribution in [-0.4, -0.2) is 12.7 Å². The molecule has 0 radical (unpaired) electrons. The minimum absolute atomic E-state index is 0.157. The van der Waals surface area contributed by atoms with Gasteiger partial charge in [0, 0.05) is 17.8 Å². The van der Waals surface area contributed by atoms with E-state index in [1.807, 2.05) is 18.2 Å². The normalized spacial score (nSPS) is 12.2. The summed E-state index contributed by atoms with van der Waals surface area (Å²) in [5, 5.41) is 2.84. The van der Waals surface area contributed by atoms with Gasteiger partial charge in [-0.3, -0.25) is 4.79 Å². The second-order valence-corrected chi connectivity index (χ2v) is 4.50. The Morgan fingerprint density at radius 3 is 2.85 bits per heavy atom. The summed E-state index contributed by atoms with van der Waals surface area (Å²) in [7, 11) is 0. The number of fused-ring (bicyclic) bond motifs is 1. The third-order valence-corrected chi connectivity index (χ3v) is 3.04. The van der Waals surface area contributed by atoms with Crippen LogP contribution < -0.4 is 20.5 Å². The van der Waals surface area contributed by atoms with E-state index in [4.69, 9.17) is 15.2 Å². The SMILES string of the molecule is Nc1cccc(C(=O)NCc2ccc3c(c2)OCO3)c1. The number of nitrogens with one attached hydrogen (secondary N) is 1. The fourth-order valence-corrected chi connectivity index (χ4v) is 2.02. The Hall–Kier alpha value is -2.69. The highest BCUT2D eigenvalue weighted by atomic mass is 16.7. The van der Waals surface area contributed by atoms with Crippen molar-refractivity contribution in [2.45, 2.75) is 6.54 Å². The lowest BCUT2D eigenvalue weighted by atomic mass is 10.1. The largest absolute Gasteiger partial charge is 0.454 e. The van der Waals surface area contributed by atoms with E-state index in [1.165, 1.54) is 0 Å². The van der Waals surface area contributed by atoms with Crippen molar-refractivity contribution in [2.24, 2.45) is 0 Å². The van der Waals surface area contributed by atoms with Crippen molar-refractivity contribution < 1.29 is 14.3 Å². The summed E-state index contributed by atoms with van der Waals surface area (Å²) in [5.74, 6) is 1.28. The van der Waals surface area contributed by atoms with E-state index in [0.717, 1.165) is 11.3 Å². The zero-order valence-corrected chi connectivity index (χ0v) is 10.8. The van der Waals surface area contributed by atoms with Crippen molar-refractivity contribution in [3.8, 4) is 11.5 Å². The van der Waals surface area contributed by atoms with Gasteiger partial charge in [-0.25, -0.2) is 0 Å². The molecule has 1 aliphatic heterocycles. The Kier molecular flexibility index (Phi) is 3.16. The zero-order valence-electron chi connectivity index (χ0n) is 10.8. The van der Waals surface area contributed by atoms with Crippen LogP contribution in [0.3, 0.4) is 0 Å². The number of nitrogen functional groups attached to an aromatic ring is 1. The van der Waals surface area contributed by atoms with E-state index in [1.54, 1.807) is 24.3 Å². The van der Waals surface area contributed by atoms with Gasteiger partial charge >= 0.3 is 0 Å². The molecule has 2 aromatic carbocycles. The van der Waals surface area contributed by atoms with Crippen LogP contribution in [0.1, 0.15) is 15.9 Å². The number of rotatable bonds is 3. The van der Waals surface area contributed by atoms with Gasteiger partial charge in [0.1, 0.15) is 0 Å². The van der Waals surface area contributed by atoms with Gasteiger partial charge in [-0.2, -0.15) is 0 Å². The molecule has 0 unspecified atom stereocenters. The fraction of sp³-hybridized carbons (Fsp3) is 0.133. The molecular formula is C15H14N2O3. The molecule has 2 aromatic rings. The summed E-state index contributed by atoms with van der Waals surface area (Å²) in [4.78, 5) is 12.0. The van der Waals surface area contributed by atoms with Gasteiger partial charge < -0.3 is 20.5 Å². The lowest BCUT2D eigenvalue weighted by Crippen LogP contribution is -2.22. The highest BCUT2D eigenvalue weighted by Gasteiger charge is 2.13. The summed E-state index contributed by atoms with van der Waals surface area (Å²) in [6, 6.07) is 12.5. The predicted molar refractivity (Wildman–Crippen MR) is 74.6 cm³/mol. The van der Waals surface area contributed by atoms with Gasteiger partial charge in [0.25, 0.3) is 5.91 Å². The van der Waals surface area contributed by atoms with E-state index in [2.05, 4.69) is 5.32 Å². The van der Waals surface area contributed by atoms with Crippen LogP contribution in [-0.2, 0) is 6.54 Å². The Morgan fingerprint density at radius 2 is 2.00 bits per heavy atom. The molecule has 102 valence electrons. The maximum Gasteiger partial charge on any atom is 0.251 e. The molecule has 1 aliphatic rings. The summed E-state index contributed by atoms with van der Waals surface area (Å²) in [6.45, 7) is 0.665. The fourth-order valence-electron chi connectivity index (χ4n) is 2.02. The average molecular weight is 270 g/mol. The van der Waals surface area contributed by atoms with E-state index in [-0.39, 0.29) is 12.7 Å². The Labute approximate surface area is 116 Å². The van der Waals surface area contributed by atoms with Crippen molar-refractivity contribution in [1.82, 2.24) is 5.32 Å². The van der Waals surface area contributed by atoms with Gasteiger partial charge in [-0.1, -0.05) is 12.1 Å². The van der Waals surface area contributed by atoms with E-state index < -0.39 is 0 Å². The number of carbonyl (C=O) groups is 1. The third kappa shape index (κ3) is 2.51. The average Bonchev–Trinajstić information content (AvgIpc) is 2.92. The van der Waals surface area contributed by atoms with Gasteiger partial charge in [-0.05, 0) is 35.9 Å². The predicted octanol–water partition coefficient (Wildman–Crippen LogP) is 1.93. The van der Waals surface area contributed by atoms with E-state index >= 15 is 0 Å². The first-order valence-corrected chi connectivity index (χ1v) is 6.24. The molecule has 5 nitrogen and oxygen atoms in total. The Balaban J connectivity index is 1.66. The Bertz CT molecular complexity index is 655. The third-order valence-electron chi connectivity index (χ3n) is 3.04. The van der Waals surface area contributed by atoms with Gasteiger partial charge in [-0.15, -0.1) is 0 Å². The standard InChI is InChI=1S/C15H14N2O3/c16-12-3-1-2-11(7-12)15(18)17-8-10-4-5-13-14(6-10)20-9-19-13/h1-7H,8-9,16H2,(H,17,18). The monoisotopic (exact) mass is 270 g/mol. The van der Waals surface area contributed by atoms with Crippen LogP contribution in [0.5, 0.6) is 11.5 Å². The summed E-state index contributed by atoms with van der Waals surface area (Å²) >= 11 is 0. The van der Waals surface area contributed by atoms with E-state index in [9.17, 15) is 4.79 Å². The number of nitrogens with two attached hydrogens (primary N) is 1. The first-order valence-electron chi connectivity index (χ1n) is 6.24. The van der Waals surface area contributed by atoms with Crippen LogP contribution in [0.2, 0.25) is 0 Å². The molecule has 0 atom stereocenters. The summed E-state index contributed by atoms with van der Waals surface area (Å²) in [5.41, 5.74) is 7.72. The highest BCUT2D eigenvalue weighted by molar-refractivity contribution is 5.94. The van der Waals surface area contributed by atoms with Crippen LogP contribution in [0.15, 0.2) is 42.5 Å². The van der Waals surface area contributed by atoms with Gasteiger partial charge in [0.15, 0.2) is 11.5 Å². The van der Waals surface area contributed by atoms with Crippen molar-refractivity contribution in [1.29, 1.82) is 0 Å². The van der Waals surface area contributed by atoms with Crippen LogP contribution in [0.25, 0.3) is 0 Å². The maximum atomic E-state index is 12.0. The molecule has 0 saturated carbocycles. The molecule has 0 fully saturated rings. The van der Waals surface area contributed by atoms with Crippen molar-refractivity contribution in [2.75, 3.05) is 12.5 Å². The van der Waals surface area contributed by atoms with Gasteiger partial charge in [0.2, 0.25) is 6.79 Å². The van der Waals surface area contributed by atoms with Crippen molar-refractivity contribution in [3.05, 3.63) is 53.6 Å². The molecule has 0 aliphatic carbocycles. The summed E-state index contributed by atoms with van der Waals surface area (Å²) in [6.07, 6.45) is 0. The molecule has 0 saturated heterocycles. The lowest BCUT2D eigenvalue weighted by molar-refractivity contribution is 0.0951. The molecule has 5 heteroatoms. The second kappa shape index (κ2) is 5.13. The number of carbonyl (C=O) groups excluding carboxylic acids is 1. The molecule has 1 amide bonds. The molecule has 20 heavy (non-hydrogen) atoms. The topological polar surface area (TPSA) is 73.6 Å². The van der Waals surface area contributed by atoms with Crippen molar-refractivity contribution >= 4 is 11.6 Å². The first-order chi connectivity index (χ1) is 9.72.